The Morgan fingerprint density at radius 2 is 1.86 bits per heavy atom. The van der Waals surface area contributed by atoms with E-state index in [1.165, 1.54) is 17.2 Å². The third kappa shape index (κ3) is 2.33. The maximum absolute atomic E-state index is 4.76. The number of benzene rings is 2. The van der Waals surface area contributed by atoms with Crippen LogP contribution in [-0.4, -0.2) is 23.1 Å². The average molecular weight is 289 g/mol. The number of anilines is 1. The van der Waals surface area contributed by atoms with E-state index in [0.29, 0.717) is 0 Å². The first kappa shape index (κ1) is 13.3. The molecule has 0 N–H and O–H groups in total. The molecule has 0 radical (unpaired) electrons. The number of nitrogens with zero attached hydrogens (tertiary/aromatic N) is 3. The lowest BCUT2D eigenvalue weighted by Gasteiger charge is -2.38. The van der Waals surface area contributed by atoms with Crippen molar-refractivity contribution >= 4 is 16.7 Å². The molecule has 1 saturated heterocycles. The van der Waals surface area contributed by atoms with Crippen LogP contribution in [-0.2, 0) is 0 Å². The predicted octanol–water partition coefficient (Wildman–Crippen LogP) is 4.14. The first-order chi connectivity index (χ1) is 10.8. The van der Waals surface area contributed by atoms with E-state index in [2.05, 4.69) is 59.3 Å². The van der Waals surface area contributed by atoms with Crippen LogP contribution in [0.3, 0.4) is 0 Å². The van der Waals surface area contributed by atoms with Crippen LogP contribution >= 0.6 is 0 Å². The van der Waals surface area contributed by atoms with E-state index in [-0.39, 0.29) is 0 Å². The van der Waals surface area contributed by atoms with Gasteiger partial charge in [-0.2, -0.15) is 0 Å². The number of fused-ring (bicyclic) bond motifs is 1. The van der Waals surface area contributed by atoms with Crippen molar-refractivity contribution in [2.24, 2.45) is 5.92 Å². The lowest BCUT2D eigenvalue weighted by atomic mass is 9.98. The van der Waals surface area contributed by atoms with Crippen molar-refractivity contribution in [2.75, 3.05) is 18.0 Å². The highest BCUT2D eigenvalue weighted by Gasteiger charge is 2.27. The van der Waals surface area contributed by atoms with E-state index in [0.717, 1.165) is 36.2 Å². The minimum atomic E-state index is 0.799. The van der Waals surface area contributed by atoms with Gasteiger partial charge in [0.2, 0.25) is 5.95 Å². The number of rotatable bonds is 3. The standard InChI is InChI=1S/C19H19N3/c1-2-14-12-22(13-14)19-20-10-9-18(21-19)17-8-7-15-5-3-4-6-16(15)11-17/h3-11,14H,2,12-13H2,1H3. The largest absolute Gasteiger partial charge is 0.340 e. The molecule has 1 fully saturated rings. The first-order valence-corrected chi connectivity index (χ1v) is 7.90. The normalized spacial score (nSPS) is 15.0. The van der Waals surface area contributed by atoms with Crippen LogP contribution in [0.1, 0.15) is 13.3 Å². The first-order valence-electron chi connectivity index (χ1n) is 7.90. The smallest absolute Gasteiger partial charge is 0.225 e. The maximum Gasteiger partial charge on any atom is 0.225 e. The summed E-state index contributed by atoms with van der Waals surface area (Å²) in [5.74, 6) is 1.66. The SMILES string of the molecule is CCC1CN(c2nccc(-c3ccc4ccccc4c3)n2)C1. The second-order valence-corrected chi connectivity index (χ2v) is 5.98. The zero-order valence-electron chi connectivity index (χ0n) is 12.7. The molecule has 22 heavy (non-hydrogen) atoms. The average Bonchev–Trinajstić information content (AvgIpc) is 2.54. The third-order valence-corrected chi connectivity index (χ3v) is 4.51. The lowest BCUT2D eigenvalue weighted by Crippen LogP contribution is -2.47. The molecule has 0 spiro atoms. The lowest BCUT2D eigenvalue weighted by molar-refractivity contribution is 0.392. The molecular weight excluding hydrogens is 270 g/mol. The molecule has 0 aliphatic carbocycles. The van der Waals surface area contributed by atoms with E-state index >= 15 is 0 Å². The Labute approximate surface area is 130 Å². The van der Waals surface area contributed by atoms with E-state index < -0.39 is 0 Å². The molecule has 1 aliphatic heterocycles. The van der Waals surface area contributed by atoms with Crippen molar-refractivity contribution in [3.8, 4) is 11.3 Å². The summed E-state index contributed by atoms with van der Waals surface area (Å²) >= 11 is 0. The highest BCUT2D eigenvalue weighted by atomic mass is 15.3. The molecule has 3 heteroatoms. The van der Waals surface area contributed by atoms with Gasteiger partial charge < -0.3 is 4.90 Å². The molecule has 0 atom stereocenters. The Balaban J connectivity index is 1.66. The van der Waals surface area contributed by atoms with E-state index in [4.69, 9.17) is 4.98 Å². The Bertz CT molecular complexity index is 806. The maximum atomic E-state index is 4.76. The van der Waals surface area contributed by atoms with Gasteiger partial charge in [-0.3, -0.25) is 0 Å². The van der Waals surface area contributed by atoms with E-state index in [9.17, 15) is 0 Å². The van der Waals surface area contributed by atoms with Gasteiger partial charge in [-0.25, -0.2) is 9.97 Å². The predicted molar refractivity (Wildman–Crippen MR) is 91.0 cm³/mol. The van der Waals surface area contributed by atoms with Crippen LogP contribution in [0.25, 0.3) is 22.0 Å². The summed E-state index contributed by atoms with van der Waals surface area (Å²) in [6, 6.07) is 16.9. The van der Waals surface area contributed by atoms with Gasteiger partial charge in [-0.15, -0.1) is 0 Å². The van der Waals surface area contributed by atoms with Crippen LogP contribution < -0.4 is 4.90 Å². The van der Waals surface area contributed by atoms with Gasteiger partial charge in [0.1, 0.15) is 0 Å². The minimum absolute atomic E-state index is 0.799. The topological polar surface area (TPSA) is 29.0 Å². The van der Waals surface area contributed by atoms with Crippen LogP contribution in [0.2, 0.25) is 0 Å². The van der Waals surface area contributed by atoms with Crippen molar-refractivity contribution in [1.82, 2.24) is 9.97 Å². The second-order valence-electron chi connectivity index (χ2n) is 5.98. The Morgan fingerprint density at radius 1 is 1.05 bits per heavy atom. The Kier molecular flexibility index (Phi) is 3.26. The van der Waals surface area contributed by atoms with Gasteiger partial charge in [-0.05, 0) is 35.2 Å². The van der Waals surface area contributed by atoms with Crippen LogP contribution in [0.5, 0.6) is 0 Å². The summed E-state index contributed by atoms with van der Waals surface area (Å²) in [7, 11) is 0. The minimum Gasteiger partial charge on any atom is -0.340 e. The van der Waals surface area contributed by atoms with Crippen LogP contribution in [0, 0.1) is 5.92 Å². The summed E-state index contributed by atoms with van der Waals surface area (Å²) in [6.07, 6.45) is 3.10. The number of hydrogen-bond acceptors (Lipinski definition) is 3. The molecule has 2 aromatic carbocycles. The molecule has 0 unspecified atom stereocenters. The Hall–Kier alpha value is -2.42. The molecule has 1 aliphatic rings. The molecule has 3 aromatic rings. The summed E-state index contributed by atoms with van der Waals surface area (Å²) < 4.78 is 0. The Morgan fingerprint density at radius 3 is 2.68 bits per heavy atom. The summed E-state index contributed by atoms with van der Waals surface area (Å²) in [5, 5.41) is 2.50. The van der Waals surface area contributed by atoms with Gasteiger partial charge in [0.15, 0.2) is 0 Å². The van der Waals surface area contributed by atoms with Gasteiger partial charge in [-0.1, -0.05) is 43.3 Å². The quantitative estimate of drug-likeness (QED) is 0.725. The van der Waals surface area contributed by atoms with Gasteiger partial charge >= 0.3 is 0 Å². The molecule has 0 bridgehead atoms. The van der Waals surface area contributed by atoms with Gasteiger partial charge in [0.25, 0.3) is 0 Å². The van der Waals surface area contributed by atoms with Crippen molar-refractivity contribution < 1.29 is 0 Å². The molecule has 0 saturated carbocycles. The molecular formula is C19H19N3. The van der Waals surface area contributed by atoms with Crippen molar-refractivity contribution in [3.05, 3.63) is 54.7 Å². The van der Waals surface area contributed by atoms with Gasteiger partial charge in [0, 0.05) is 24.8 Å². The molecule has 110 valence electrons. The second kappa shape index (κ2) is 5.41. The van der Waals surface area contributed by atoms with Crippen LogP contribution in [0.15, 0.2) is 54.7 Å². The summed E-state index contributed by atoms with van der Waals surface area (Å²) in [6.45, 7) is 4.41. The third-order valence-electron chi connectivity index (χ3n) is 4.51. The highest BCUT2D eigenvalue weighted by molar-refractivity contribution is 5.86. The van der Waals surface area contributed by atoms with Crippen molar-refractivity contribution in [2.45, 2.75) is 13.3 Å². The zero-order chi connectivity index (χ0) is 14.9. The summed E-state index contributed by atoms with van der Waals surface area (Å²) in [5.41, 5.74) is 2.14. The molecule has 1 aromatic heterocycles. The molecule has 2 heterocycles. The zero-order valence-corrected chi connectivity index (χ0v) is 12.7. The van der Waals surface area contributed by atoms with Crippen molar-refractivity contribution in [3.63, 3.8) is 0 Å². The fourth-order valence-electron chi connectivity index (χ4n) is 3.00. The van der Waals surface area contributed by atoms with Crippen molar-refractivity contribution in [1.29, 1.82) is 0 Å². The fraction of sp³-hybridized carbons (Fsp3) is 0.263. The van der Waals surface area contributed by atoms with Crippen LogP contribution in [0.4, 0.5) is 5.95 Å². The fourth-order valence-corrected chi connectivity index (χ4v) is 3.00. The van der Waals surface area contributed by atoms with E-state index in [1.54, 1.807) is 0 Å². The number of aromatic nitrogens is 2. The molecule has 0 amide bonds. The molecule has 3 nitrogen and oxygen atoms in total. The van der Waals surface area contributed by atoms with E-state index in [1.807, 2.05) is 12.3 Å². The molecule has 4 rings (SSSR count). The summed E-state index contributed by atoms with van der Waals surface area (Å²) in [4.78, 5) is 11.5. The number of hydrogen-bond donors (Lipinski definition) is 0. The monoisotopic (exact) mass is 289 g/mol. The van der Waals surface area contributed by atoms with Gasteiger partial charge in [0.05, 0.1) is 5.69 Å². The highest BCUT2D eigenvalue weighted by Crippen LogP contribution is 2.27.